The van der Waals surface area contributed by atoms with Gasteiger partial charge in [0.2, 0.25) is 5.89 Å². The zero-order chi connectivity index (χ0) is 17.2. The van der Waals surface area contributed by atoms with Crippen LogP contribution in [0.25, 0.3) is 0 Å². The third-order valence-electron chi connectivity index (χ3n) is 4.90. The van der Waals surface area contributed by atoms with E-state index in [0.29, 0.717) is 30.4 Å². The van der Waals surface area contributed by atoms with Gasteiger partial charge in [-0.2, -0.15) is 4.98 Å². The van der Waals surface area contributed by atoms with E-state index in [1.807, 2.05) is 13.0 Å². The highest BCUT2D eigenvalue weighted by Gasteiger charge is 2.34. The van der Waals surface area contributed by atoms with Gasteiger partial charge in [-0.05, 0) is 37.8 Å². The van der Waals surface area contributed by atoms with Crippen LogP contribution in [-0.2, 0) is 6.42 Å². The van der Waals surface area contributed by atoms with Gasteiger partial charge >= 0.3 is 0 Å². The smallest absolute Gasteiger partial charge is 0.274 e. The molecular weight excluding hydrogens is 320 g/mol. The molecule has 2 aliphatic rings. The van der Waals surface area contributed by atoms with Crippen LogP contribution in [0.15, 0.2) is 16.7 Å². The van der Waals surface area contributed by atoms with Crippen molar-refractivity contribution in [1.82, 2.24) is 25.2 Å². The molecule has 0 saturated carbocycles. The van der Waals surface area contributed by atoms with Gasteiger partial charge in [0.1, 0.15) is 0 Å². The summed E-state index contributed by atoms with van der Waals surface area (Å²) in [6, 6.07) is 3.52. The molecule has 8 nitrogen and oxygen atoms in total. The van der Waals surface area contributed by atoms with Crippen LogP contribution >= 0.6 is 0 Å². The van der Waals surface area contributed by atoms with Crippen LogP contribution in [-0.4, -0.2) is 50.8 Å². The molecule has 1 atom stereocenters. The molecule has 2 aromatic heterocycles. The molecule has 2 aliphatic heterocycles. The Morgan fingerprint density at radius 3 is 2.72 bits per heavy atom. The number of carbonyl (C=O) groups is 1. The first kappa shape index (κ1) is 16.0. The molecule has 2 aromatic rings. The van der Waals surface area contributed by atoms with Crippen LogP contribution < -0.4 is 4.90 Å². The zero-order valence-electron chi connectivity index (χ0n) is 14.4. The monoisotopic (exact) mass is 342 g/mol. The zero-order valence-corrected chi connectivity index (χ0v) is 14.4. The van der Waals surface area contributed by atoms with Crippen LogP contribution in [0.5, 0.6) is 0 Å². The van der Waals surface area contributed by atoms with Crippen molar-refractivity contribution in [3.8, 4) is 0 Å². The van der Waals surface area contributed by atoms with Gasteiger partial charge in [-0.1, -0.05) is 12.1 Å². The lowest BCUT2D eigenvalue weighted by Crippen LogP contribution is -2.32. The van der Waals surface area contributed by atoms with E-state index < -0.39 is 0 Å². The molecule has 25 heavy (non-hydrogen) atoms. The van der Waals surface area contributed by atoms with Gasteiger partial charge < -0.3 is 14.3 Å². The van der Waals surface area contributed by atoms with E-state index in [9.17, 15) is 4.79 Å². The number of likely N-dealkylation sites (tertiary alicyclic amines) is 1. The van der Waals surface area contributed by atoms with Gasteiger partial charge in [-0.25, -0.2) is 0 Å². The second kappa shape index (κ2) is 6.78. The predicted octanol–water partition coefficient (Wildman–Crippen LogP) is 2.00. The van der Waals surface area contributed by atoms with Crippen molar-refractivity contribution in [2.45, 2.75) is 45.1 Å². The third kappa shape index (κ3) is 3.08. The average Bonchev–Trinajstić information content (AvgIpc) is 3.42. The molecule has 8 heteroatoms. The topological polar surface area (TPSA) is 88.3 Å². The molecule has 2 fully saturated rings. The first-order valence-electron chi connectivity index (χ1n) is 8.98. The molecule has 4 rings (SSSR count). The maximum absolute atomic E-state index is 12.9. The molecule has 0 bridgehead atoms. The van der Waals surface area contributed by atoms with Crippen molar-refractivity contribution in [1.29, 1.82) is 0 Å². The number of anilines is 1. The van der Waals surface area contributed by atoms with Crippen molar-refractivity contribution < 1.29 is 9.32 Å². The molecular formula is C17H22N6O2. The number of carbonyl (C=O) groups excluding carboxylic acids is 1. The number of rotatable bonds is 4. The summed E-state index contributed by atoms with van der Waals surface area (Å²) in [5.74, 6) is 1.91. The van der Waals surface area contributed by atoms with Crippen molar-refractivity contribution >= 4 is 11.7 Å². The number of hydrogen-bond donors (Lipinski definition) is 0. The fourth-order valence-electron chi connectivity index (χ4n) is 3.53. The van der Waals surface area contributed by atoms with Crippen LogP contribution in [0.1, 0.15) is 60.9 Å². The maximum Gasteiger partial charge on any atom is 0.274 e. The Kier molecular flexibility index (Phi) is 4.33. The second-order valence-electron chi connectivity index (χ2n) is 6.53. The fraction of sp³-hybridized carbons (Fsp3) is 0.588. The minimum Gasteiger partial charge on any atom is -0.355 e. The van der Waals surface area contributed by atoms with E-state index >= 15 is 0 Å². The molecule has 0 aromatic carbocycles. The van der Waals surface area contributed by atoms with Gasteiger partial charge in [0.15, 0.2) is 17.3 Å². The molecule has 4 heterocycles. The van der Waals surface area contributed by atoms with Crippen molar-refractivity contribution in [2.75, 3.05) is 24.5 Å². The van der Waals surface area contributed by atoms with Crippen molar-refractivity contribution in [3.63, 3.8) is 0 Å². The van der Waals surface area contributed by atoms with Crippen molar-refractivity contribution in [2.24, 2.45) is 0 Å². The number of nitrogens with zero attached hydrogens (tertiary/aromatic N) is 6. The summed E-state index contributed by atoms with van der Waals surface area (Å²) in [7, 11) is 0. The third-order valence-corrected chi connectivity index (χ3v) is 4.90. The Bertz CT molecular complexity index is 738. The Labute approximate surface area is 146 Å². The number of amides is 1. The molecule has 0 aliphatic carbocycles. The molecule has 0 N–H and O–H groups in total. The quantitative estimate of drug-likeness (QED) is 0.839. The Balaban J connectivity index is 1.50. The van der Waals surface area contributed by atoms with Crippen LogP contribution in [0.3, 0.4) is 0 Å². The summed E-state index contributed by atoms with van der Waals surface area (Å²) in [6.45, 7) is 4.66. The maximum atomic E-state index is 12.9. The lowest BCUT2D eigenvalue weighted by Gasteiger charge is -2.22. The van der Waals surface area contributed by atoms with Gasteiger partial charge in [-0.3, -0.25) is 4.79 Å². The molecule has 0 spiro atoms. The molecule has 132 valence electrons. The molecule has 1 unspecified atom stereocenters. The minimum atomic E-state index is -0.142. The summed E-state index contributed by atoms with van der Waals surface area (Å²) >= 11 is 0. The summed E-state index contributed by atoms with van der Waals surface area (Å²) < 4.78 is 5.20. The standard InChI is InChI=1S/C17H22N6O2/c1-2-15-18-16(21-25-15)13-6-5-11-23(13)17(24)12-7-8-14(20-19-12)22-9-3-4-10-22/h7-8,13H,2-6,9-11H2,1H3. The van der Waals surface area contributed by atoms with Crippen LogP contribution in [0, 0.1) is 0 Å². The minimum absolute atomic E-state index is 0.120. The fourth-order valence-corrected chi connectivity index (χ4v) is 3.53. The summed E-state index contributed by atoms with van der Waals surface area (Å²) in [6.07, 6.45) is 4.82. The Morgan fingerprint density at radius 2 is 2.04 bits per heavy atom. The predicted molar refractivity (Wildman–Crippen MR) is 90.2 cm³/mol. The summed E-state index contributed by atoms with van der Waals surface area (Å²) in [5.41, 5.74) is 0.369. The van der Waals surface area contributed by atoms with E-state index in [4.69, 9.17) is 4.52 Å². The number of aromatic nitrogens is 4. The van der Waals surface area contributed by atoms with Crippen molar-refractivity contribution in [3.05, 3.63) is 29.5 Å². The largest absolute Gasteiger partial charge is 0.355 e. The van der Waals surface area contributed by atoms with E-state index in [1.54, 1.807) is 11.0 Å². The lowest BCUT2D eigenvalue weighted by molar-refractivity contribution is 0.0721. The highest BCUT2D eigenvalue weighted by Crippen LogP contribution is 2.31. The summed E-state index contributed by atoms with van der Waals surface area (Å²) in [4.78, 5) is 21.2. The van der Waals surface area contributed by atoms with Gasteiger partial charge in [0.25, 0.3) is 5.91 Å². The molecule has 0 radical (unpaired) electrons. The first-order chi connectivity index (χ1) is 12.3. The van der Waals surface area contributed by atoms with E-state index in [2.05, 4.69) is 25.2 Å². The van der Waals surface area contributed by atoms with Crippen LogP contribution in [0.2, 0.25) is 0 Å². The Morgan fingerprint density at radius 1 is 1.20 bits per heavy atom. The first-order valence-corrected chi connectivity index (χ1v) is 8.98. The van der Waals surface area contributed by atoms with Gasteiger partial charge in [0.05, 0.1) is 6.04 Å². The van der Waals surface area contributed by atoms with Crippen LogP contribution in [0.4, 0.5) is 5.82 Å². The van der Waals surface area contributed by atoms with E-state index in [1.165, 1.54) is 12.8 Å². The Hall–Kier alpha value is -2.51. The molecule has 2 saturated heterocycles. The van der Waals surface area contributed by atoms with E-state index in [0.717, 1.165) is 31.7 Å². The molecule has 1 amide bonds. The number of aryl methyl sites for hydroxylation is 1. The summed E-state index contributed by atoms with van der Waals surface area (Å²) in [5, 5.41) is 12.5. The highest BCUT2D eigenvalue weighted by atomic mass is 16.5. The van der Waals surface area contributed by atoms with E-state index in [-0.39, 0.29) is 11.9 Å². The second-order valence-corrected chi connectivity index (χ2v) is 6.53. The SMILES string of the molecule is CCc1nc(C2CCCN2C(=O)c2ccc(N3CCCC3)nn2)no1. The number of hydrogen-bond acceptors (Lipinski definition) is 7. The normalized spacial score (nSPS) is 20.4. The highest BCUT2D eigenvalue weighted by molar-refractivity contribution is 5.92. The van der Waals surface area contributed by atoms with Gasteiger partial charge in [0, 0.05) is 26.1 Å². The average molecular weight is 342 g/mol. The lowest BCUT2D eigenvalue weighted by atomic mass is 10.2. The van der Waals surface area contributed by atoms with Gasteiger partial charge in [-0.15, -0.1) is 10.2 Å².